The molecule has 0 spiro atoms. The average molecular weight is 569 g/mol. The first-order valence-electron chi connectivity index (χ1n) is 12.9. The molecule has 1 aliphatic heterocycles. The number of anilines is 2. The summed E-state index contributed by atoms with van der Waals surface area (Å²) < 4.78 is 31.7. The minimum Gasteiger partial charge on any atom is -0.475 e. The van der Waals surface area contributed by atoms with Crippen molar-refractivity contribution in [2.45, 2.75) is 26.4 Å². The van der Waals surface area contributed by atoms with E-state index in [0.717, 1.165) is 42.9 Å². The predicted octanol–water partition coefficient (Wildman–Crippen LogP) is 5.24. The van der Waals surface area contributed by atoms with Crippen LogP contribution >= 0.6 is 0 Å². The van der Waals surface area contributed by atoms with Gasteiger partial charge in [0.05, 0.1) is 11.3 Å². The van der Waals surface area contributed by atoms with E-state index in [4.69, 9.17) is 15.6 Å². The lowest BCUT2D eigenvalue weighted by molar-refractivity contribution is -0.192. The fourth-order valence-corrected chi connectivity index (χ4v) is 4.18. The summed E-state index contributed by atoms with van der Waals surface area (Å²) in [5.41, 5.74) is 11.4. The quantitative estimate of drug-likeness (QED) is 0.262. The number of carboxylic acid groups (broad SMARTS) is 1. The van der Waals surface area contributed by atoms with Gasteiger partial charge in [-0.05, 0) is 54.9 Å². The number of aliphatic carboxylic acids is 1. The van der Waals surface area contributed by atoms with Crippen molar-refractivity contribution in [2.75, 3.05) is 30.3 Å². The van der Waals surface area contributed by atoms with Gasteiger partial charge in [-0.1, -0.05) is 62.4 Å². The summed E-state index contributed by atoms with van der Waals surface area (Å²) in [6.45, 7) is 7.49. The van der Waals surface area contributed by atoms with Gasteiger partial charge in [-0.15, -0.1) is 0 Å². The Bertz CT molecular complexity index is 1420. The number of carboxylic acids is 1. The number of fused-ring (bicyclic) bond motifs is 1. The molecule has 0 radical (unpaired) electrons. The van der Waals surface area contributed by atoms with Crippen LogP contribution in [-0.2, 0) is 16.0 Å². The number of carbonyl (C=O) groups excluding carboxylic acids is 2. The second-order valence-electron chi connectivity index (χ2n) is 9.10. The van der Waals surface area contributed by atoms with Crippen LogP contribution in [0.1, 0.15) is 40.9 Å². The topological polar surface area (TPSA) is 125 Å². The normalized spacial score (nSPS) is 13.6. The van der Waals surface area contributed by atoms with E-state index in [1.807, 2.05) is 42.5 Å². The van der Waals surface area contributed by atoms with Crippen molar-refractivity contribution in [1.29, 1.82) is 0 Å². The van der Waals surface area contributed by atoms with Crippen molar-refractivity contribution in [1.82, 2.24) is 4.90 Å². The maximum Gasteiger partial charge on any atom is 0.490 e. The molecule has 0 fully saturated rings. The SMILES string of the molecule is CCN(CC)CCc1ccc(NC(=C2C(=O)Nc3cc(C(N)=O)ccc32)c2ccccc2)cc1.O=C(O)C(F)(F)F. The molecule has 3 aromatic carbocycles. The highest BCUT2D eigenvalue weighted by Crippen LogP contribution is 2.38. The lowest BCUT2D eigenvalue weighted by Crippen LogP contribution is -2.25. The Hall–Kier alpha value is -4.64. The molecule has 0 bridgehead atoms. The number of hydrogen-bond acceptors (Lipinski definition) is 5. The fraction of sp³-hybridized carbons (Fsp3) is 0.233. The molecule has 0 aromatic heterocycles. The van der Waals surface area contributed by atoms with Crippen molar-refractivity contribution in [3.05, 3.63) is 95.1 Å². The van der Waals surface area contributed by atoms with E-state index >= 15 is 0 Å². The van der Waals surface area contributed by atoms with Gasteiger partial charge in [0.25, 0.3) is 5.91 Å². The van der Waals surface area contributed by atoms with Crippen LogP contribution in [0.3, 0.4) is 0 Å². The summed E-state index contributed by atoms with van der Waals surface area (Å²) in [5.74, 6) is -3.51. The molecule has 8 nitrogen and oxygen atoms in total. The Morgan fingerprint density at radius 3 is 2.10 bits per heavy atom. The maximum atomic E-state index is 13.0. The van der Waals surface area contributed by atoms with Gasteiger partial charge in [-0.3, -0.25) is 9.59 Å². The third kappa shape index (κ3) is 8.18. The molecule has 1 heterocycles. The van der Waals surface area contributed by atoms with Crippen LogP contribution in [0.4, 0.5) is 24.5 Å². The summed E-state index contributed by atoms with van der Waals surface area (Å²) in [7, 11) is 0. The van der Waals surface area contributed by atoms with Crippen molar-refractivity contribution in [3.63, 3.8) is 0 Å². The second-order valence-corrected chi connectivity index (χ2v) is 9.10. The molecule has 11 heteroatoms. The van der Waals surface area contributed by atoms with E-state index in [0.29, 0.717) is 22.5 Å². The number of primary amides is 1. The highest BCUT2D eigenvalue weighted by Gasteiger charge is 2.38. The fourth-order valence-electron chi connectivity index (χ4n) is 4.18. The molecule has 1 aliphatic rings. The summed E-state index contributed by atoms with van der Waals surface area (Å²) in [5, 5.41) is 13.5. The van der Waals surface area contributed by atoms with Gasteiger partial charge in [-0.25, -0.2) is 4.79 Å². The monoisotopic (exact) mass is 568 g/mol. The van der Waals surface area contributed by atoms with Crippen molar-refractivity contribution in [2.24, 2.45) is 5.73 Å². The van der Waals surface area contributed by atoms with Crippen LogP contribution in [0.5, 0.6) is 0 Å². The molecule has 0 saturated carbocycles. The zero-order valence-electron chi connectivity index (χ0n) is 22.6. The lowest BCUT2D eigenvalue weighted by atomic mass is 9.99. The molecule has 41 heavy (non-hydrogen) atoms. The minimum absolute atomic E-state index is 0.223. The molecule has 5 N–H and O–H groups in total. The highest BCUT2D eigenvalue weighted by atomic mass is 19.4. The van der Waals surface area contributed by atoms with Gasteiger partial charge < -0.3 is 26.4 Å². The predicted molar refractivity (Wildman–Crippen MR) is 152 cm³/mol. The zero-order chi connectivity index (χ0) is 30.2. The highest BCUT2D eigenvalue weighted by molar-refractivity contribution is 6.37. The van der Waals surface area contributed by atoms with Crippen molar-refractivity contribution in [3.8, 4) is 0 Å². The number of halogens is 3. The molecular formula is C30H31F3N4O4. The number of benzene rings is 3. The third-order valence-corrected chi connectivity index (χ3v) is 6.44. The molecule has 3 aromatic rings. The Morgan fingerprint density at radius 1 is 0.951 bits per heavy atom. The van der Waals surface area contributed by atoms with Gasteiger partial charge in [0.1, 0.15) is 0 Å². The van der Waals surface area contributed by atoms with Crippen molar-refractivity contribution < 1.29 is 32.7 Å². The lowest BCUT2D eigenvalue weighted by Gasteiger charge is -2.18. The number of carbonyl (C=O) groups is 3. The average Bonchev–Trinajstić information content (AvgIpc) is 3.28. The molecule has 0 saturated heterocycles. The number of nitrogens with zero attached hydrogens (tertiary/aromatic N) is 1. The van der Waals surface area contributed by atoms with Gasteiger partial charge in [0.2, 0.25) is 5.91 Å². The van der Waals surface area contributed by atoms with Crippen LogP contribution < -0.4 is 16.4 Å². The van der Waals surface area contributed by atoms with Crippen molar-refractivity contribution >= 4 is 40.4 Å². The maximum absolute atomic E-state index is 13.0. The first kappa shape index (κ1) is 30.9. The second kappa shape index (κ2) is 13.6. The Balaban J connectivity index is 0.000000587. The van der Waals surface area contributed by atoms with Crippen LogP contribution in [0.15, 0.2) is 72.8 Å². The summed E-state index contributed by atoms with van der Waals surface area (Å²) in [4.78, 5) is 35.9. The number of rotatable bonds is 9. The molecular weight excluding hydrogens is 537 g/mol. The first-order chi connectivity index (χ1) is 19.4. The summed E-state index contributed by atoms with van der Waals surface area (Å²) in [6, 6.07) is 23.1. The van der Waals surface area contributed by atoms with Crippen LogP contribution in [0.2, 0.25) is 0 Å². The van der Waals surface area contributed by atoms with E-state index in [-0.39, 0.29) is 5.91 Å². The van der Waals surface area contributed by atoms with Gasteiger partial charge in [0.15, 0.2) is 0 Å². The standard InChI is InChI=1S/C28H30N4O2.C2HF3O2/c1-3-32(4-2)17-16-19-10-13-22(14-11-19)30-26(20-8-6-5-7-9-20)25-23-15-12-21(27(29)33)18-24(23)31-28(25)34;3-2(4,5)1(6)7/h5-15,18,30H,3-4,16-17H2,1-2H3,(H2,29,33)(H,31,34);(H,6,7). The molecule has 216 valence electrons. The summed E-state index contributed by atoms with van der Waals surface area (Å²) in [6.07, 6.45) is -4.09. The van der Waals surface area contributed by atoms with Crippen LogP contribution in [-0.4, -0.2) is 53.6 Å². The van der Waals surface area contributed by atoms with E-state index in [1.165, 1.54) is 5.56 Å². The number of hydrogen-bond donors (Lipinski definition) is 4. The van der Waals surface area contributed by atoms with E-state index < -0.39 is 18.1 Å². The zero-order valence-corrected chi connectivity index (χ0v) is 22.6. The molecule has 0 unspecified atom stereocenters. The van der Waals surface area contributed by atoms with Crippen LogP contribution in [0.25, 0.3) is 11.3 Å². The number of likely N-dealkylation sites (N-methyl/N-ethyl adjacent to an activating group) is 1. The van der Waals surface area contributed by atoms with E-state index in [1.54, 1.807) is 18.2 Å². The number of amides is 2. The summed E-state index contributed by atoms with van der Waals surface area (Å²) >= 11 is 0. The van der Waals surface area contributed by atoms with E-state index in [2.05, 4.69) is 41.5 Å². The van der Waals surface area contributed by atoms with Gasteiger partial charge in [0, 0.05) is 29.0 Å². The molecule has 0 atom stereocenters. The minimum atomic E-state index is -5.08. The third-order valence-electron chi connectivity index (χ3n) is 6.44. The van der Waals surface area contributed by atoms with Gasteiger partial charge in [-0.2, -0.15) is 13.2 Å². The largest absolute Gasteiger partial charge is 0.490 e. The molecule has 2 amide bonds. The first-order valence-corrected chi connectivity index (χ1v) is 12.9. The number of alkyl halides is 3. The Labute approximate surface area is 235 Å². The smallest absolute Gasteiger partial charge is 0.475 e. The number of nitrogens with one attached hydrogen (secondary N) is 2. The molecule has 0 aliphatic carbocycles. The van der Waals surface area contributed by atoms with Gasteiger partial charge >= 0.3 is 12.1 Å². The number of nitrogens with two attached hydrogens (primary N) is 1. The Morgan fingerprint density at radius 2 is 1.56 bits per heavy atom. The van der Waals surface area contributed by atoms with E-state index in [9.17, 15) is 22.8 Å². The van der Waals surface area contributed by atoms with Crippen LogP contribution in [0, 0.1) is 0 Å². The Kier molecular flexibility index (Phi) is 10.3. The molecule has 4 rings (SSSR count).